The quantitative estimate of drug-likeness (QED) is 0.235. The molecule has 0 saturated heterocycles. The van der Waals surface area contributed by atoms with E-state index in [-0.39, 0.29) is 0 Å². The fourth-order valence-corrected chi connectivity index (χ4v) is 2.79. The first kappa shape index (κ1) is 23.4. The van der Waals surface area contributed by atoms with Crippen molar-refractivity contribution < 1.29 is 18.4 Å². The molecule has 0 bridgehead atoms. The normalized spacial score (nSPS) is 16.5. The number of aldehydes is 2. The lowest BCUT2D eigenvalue weighted by Gasteiger charge is -2.09. The van der Waals surface area contributed by atoms with E-state index in [0.29, 0.717) is 12.0 Å². The van der Waals surface area contributed by atoms with E-state index in [1.807, 2.05) is 38.2 Å². The third-order valence-corrected chi connectivity index (χ3v) is 4.66. The van der Waals surface area contributed by atoms with Gasteiger partial charge in [-0.1, -0.05) is 35.5 Å². The molecule has 1 N–H and O–H groups in total. The average molecular weight is 367 g/mol. The molecule has 0 aromatic carbocycles. The van der Waals surface area contributed by atoms with Gasteiger partial charge in [-0.2, -0.15) is 0 Å². The highest BCUT2D eigenvalue weighted by Gasteiger charge is 2.11. The van der Waals surface area contributed by atoms with Crippen LogP contribution in [-0.2, 0) is 20.7 Å². The Labute approximate surface area is 154 Å². The molecule has 0 aliphatic heterocycles. The van der Waals surface area contributed by atoms with Crippen molar-refractivity contribution in [3.8, 4) is 0 Å². The molecule has 0 fully saturated rings. The molecule has 140 valence electrons. The van der Waals surface area contributed by atoms with E-state index in [2.05, 4.69) is 0 Å². The zero-order chi connectivity index (χ0) is 19.2. The van der Waals surface area contributed by atoms with Crippen LogP contribution in [0, 0.1) is 0 Å². The molecule has 0 aliphatic carbocycles. The van der Waals surface area contributed by atoms with Crippen molar-refractivity contribution in [3.63, 3.8) is 0 Å². The Bertz CT molecular complexity index is 583. The van der Waals surface area contributed by atoms with Gasteiger partial charge < -0.3 is 4.55 Å². The molecule has 0 saturated carbocycles. The summed E-state index contributed by atoms with van der Waals surface area (Å²) in [7, 11) is 0. The minimum absolute atomic E-state index is 0.432. The van der Waals surface area contributed by atoms with Crippen LogP contribution in [0.25, 0.3) is 0 Å². The standard InChI is InChI=1S/C20H30O4S/c1-16(7-5-9-18(3)14-21)11-12-20(25(23)24)13-17(2)8-6-10-19(4)15-22/h9-11,13-15,20H,5-8,12H2,1-4H3,(H,23,24)/b16-11+,17-13+,18-9+,19-10+. The van der Waals surface area contributed by atoms with E-state index in [0.717, 1.165) is 55.0 Å². The molecule has 0 aliphatic rings. The van der Waals surface area contributed by atoms with Crippen LogP contribution in [0.1, 0.15) is 59.8 Å². The molecular formula is C20H30O4S. The Balaban J connectivity index is 4.65. The van der Waals surface area contributed by atoms with Crippen molar-refractivity contribution >= 4 is 23.7 Å². The predicted molar refractivity (Wildman–Crippen MR) is 105 cm³/mol. The largest absolute Gasteiger partial charge is 0.306 e. The number of hydrogen-bond donors (Lipinski definition) is 1. The second-order valence-corrected chi connectivity index (χ2v) is 7.48. The van der Waals surface area contributed by atoms with Crippen LogP contribution in [-0.4, -0.2) is 26.6 Å². The number of carbonyl (C=O) groups excluding carboxylic acids is 2. The topological polar surface area (TPSA) is 71.4 Å². The van der Waals surface area contributed by atoms with Gasteiger partial charge in [0.05, 0.1) is 5.25 Å². The Morgan fingerprint density at radius 1 is 0.880 bits per heavy atom. The summed E-state index contributed by atoms with van der Waals surface area (Å²) in [6.45, 7) is 7.46. The van der Waals surface area contributed by atoms with Crippen molar-refractivity contribution in [1.29, 1.82) is 0 Å². The Kier molecular flexibility index (Phi) is 12.8. The molecule has 0 aromatic heterocycles. The second kappa shape index (κ2) is 13.7. The summed E-state index contributed by atoms with van der Waals surface area (Å²) in [5.74, 6) is 0. The highest BCUT2D eigenvalue weighted by molar-refractivity contribution is 7.80. The molecule has 0 amide bonds. The van der Waals surface area contributed by atoms with Crippen LogP contribution >= 0.6 is 0 Å². The molecule has 4 nitrogen and oxygen atoms in total. The highest BCUT2D eigenvalue weighted by Crippen LogP contribution is 2.15. The van der Waals surface area contributed by atoms with Gasteiger partial charge in [-0.05, 0) is 70.9 Å². The first-order valence-corrected chi connectivity index (χ1v) is 9.63. The van der Waals surface area contributed by atoms with Crippen LogP contribution in [0.4, 0.5) is 0 Å². The molecule has 0 spiro atoms. The zero-order valence-electron chi connectivity index (χ0n) is 15.7. The molecule has 0 heterocycles. The average Bonchev–Trinajstić information content (AvgIpc) is 2.57. The molecule has 2 unspecified atom stereocenters. The summed E-state index contributed by atoms with van der Waals surface area (Å²) in [5, 5.41) is -0.432. The lowest BCUT2D eigenvalue weighted by molar-refractivity contribution is -0.105. The van der Waals surface area contributed by atoms with Gasteiger partial charge in [-0.3, -0.25) is 9.59 Å². The first-order chi connectivity index (χ1) is 11.8. The zero-order valence-corrected chi connectivity index (χ0v) is 16.5. The molecule has 0 radical (unpaired) electrons. The maximum Gasteiger partial charge on any atom is 0.160 e. The Hall–Kier alpha value is -1.59. The first-order valence-electron chi connectivity index (χ1n) is 8.46. The van der Waals surface area contributed by atoms with Gasteiger partial charge in [0.15, 0.2) is 11.1 Å². The molecule has 25 heavy (non-hydrogen) atoms. The Morgan fingerprint density at radius 2 is 1.36 bits per heavy atom. The monoisotopic (exact) mass is 366 g/mol. The third kappa shape index (κ3) is 12.4. The second-order valence-electron chi connectivity index (χ2n) is 6.32. The SMILES string of the molecule is C/C(C=O)=C\CC/C(C)=C/CC(/C=C(\C)CC/C=C(\C)C=O)S(=O)O. The van der Waals surface area contributed by atoms with Gasteiger partial charge >= 0.3 is 0 Å². The molecule has 0 rings (SSSR count). The fraction of sp³-hybridized carbons (Fsp3) is 0.500. The Morgan fingerprint density at radius 3 is 1.80 bits per heavy atom. The van der Waals surface area contributed by atoms with E-state index in [9.17, 15) is 18.4 Å². The van der Waals surface area contributed by atoms with Crippen molar-refractivity contribution in [2.75, 3.05) is 0 Å². The summed E-state index contributed by atoms with van der Waals surface area (Å²) >= 11 is -1.92. The van der Waals surface area contributed by atoms with Gasteiger partial charge in [-0.15, -0.1) is 0 Å². The minimum Gasteiger partial charge on any atom is -0.306 e. The predicted octanol–water partition coefficient (Wildman–Crippen LogP) is 4.71. The van der Waals surface area contributed by atoms with E-state index < -0.39 is 16.3 Å². The number of hydrogen-bond acceptors (Lipinski definition) is 3. The molecule has 5 heteroatoms. The number of allylic oxidation sites excluding steroid dienone is 7. The summed E-state index contributed by atoms with van der Waals surface area (Å²) < 4.78 is 21.0. The minimum atomic E-state index is -1.92. The van der Waals surface area contributed by atoms with Gasteiger partial charge in [0.2, 0.25) is 0 Å². The van der Waals surface area contributed by atoms with Gasteiger partial charge in [0.25, 0.3) is 0 Å². The lowest BCUT2D eigenvalue weighted by atomic mass is 10.1. The van der Waals surface area contributed by atoms with Crippen LogP contribution in [0.3, 0.4) is 0 Å². The van der Waals surface area contributed by atoms with E-state index in [1.54, 1.807) is 13.8 Å². The van der Waals surface area contributed by atoms with Crippen molar-refractivity contribution in [2.24, 2.45) is 0 Å². The van der Waals surface area contributed by atoms with Gasteiger partial charge in [0, 0.05) is 0 Å². The summed E-state index contributed by atoms with van der Waals surface area (Å²) in [6, 6.07) is 0. The smallest absolute Gasteiger partial charge is 0.160 e. The van der Waals surface area contributed by atoms with Crippen LogP contribution in [0.5, 0.6) is 0 Å². The molecule has 2 atom stereocenters. The molecular weight excluding hydrogens is 336 g/mol. The number of rotatable bonds is 12. The summed E-state index contributed by atoms with van der Waals surface area (Å²) in [4.78, 5) is 21.1. The summed E-state index contributed by atoms with van der Waals surface area (Å²) in [6.07, 6.45) is 12.9. The van der Waals surface area contributed by atoms with Crippen LogP contribution in [0.15, 0.2) is 46.6 Å². The number of carbonyl (C=O) groups is 2. The van der Waals surface area contributed by atoms with Gasteiger partial charge in [-0.25, -0.2) is 4.21 Å². The molecule has 0 aromatic rings. The lowest BCUT2D eigenvalue weighted by Crippen LogP contribution is -2.11. The van der Waals surface area contributed by atoms with E-state index >= 15 is 0 Å². The fourth-order valence-electron chi connectivity index (χ4n) is 2.18. The maximum absolute atomic E-state index is 11.5. The van der Waals surface area contributed by atoms with E-state index in [1.165, 1.54) is 0 Å². The van der Waals surface area contributed by atoms with Crippen molar-refractivity contribution in [3.05, 3.63) is 46.6 Å². The van der Waals surface area contributed by atoms with Gasteiger partial charge in [0.1, 0.15) is 12.6 Å². The van der Waals surface area contributed by atoms with Crippen molar-refractivity contribution in [1.82, 2.24) is 0 Å². The van der Waals surface area contributed by atoms with Crippen molar-refractivity contribution in [2.45, 2.75) is 65.0 Å². The van der Waals surface area contributed by atoms with Crippen LogP contribution in [0.2, 0.25) is 0 Å². The summed E-state index contributed by atoms with van der Waals surface area (Å²) in [5.41, 5.74) is 3.60. The van der Waals surface area contributed by atoms with Crippen LogP contribution < -0.4 is 0 Å². The third-order valence-electron chi connectivity index (χ3n) is 3.81. The van der Waals surface area contributed by atoms with E-state index in [4.69, 9.17) is 0 Å². The maximum atomic E-state index is 11.5. The highest BCUT2D eigenvalue weighted by atomic mass is 32.2.